The maximum absolute atomic E-state index is 12.8. The highest BCUT2D eigenvalue weighted by atomic mass is 35.5. The van der Waals surface area contributed by atoms with Gasteiger partial charge in [-0.3, -0.25) is 9.59 Å². The molecule has 28 heavy (non-hydrogen) atoms. The highest BCUT2D eigenvalue weighted by Crippen LogP contribution is 2.33. The Morgan fingerprint density at radius 1 is 1.18 bits per heavy atom. The number of likely N-dealkylation sites (tertiary alicyclic amines) is 1. The van der Waals surface area contributed by atoms with Gasteiger partial charge in [0.2, 0.25) is 5.91 Å². The van der Waals surface area contributed by atoms with E-state index < -0.39 is 0 Å². The molecular formula is C22H24Cl2N2O2. The number of halogens is 2. The Balaban J connectivity index is 1.65. The van der Waals surface area contributed by atoms with Crippen LogP contribution in [0.15, 0.2) is 48.5 Å². The van der Waals surface area contributed by atoms with E-state index in [1.807, 2.05) is 23.1 Å². The van der Waals surface area contributed by atoms with E-state index >= 15 is 0 Å². The van der Waals surface area contributed by atoms with Gasteiger partial charge in [-0.1, -0.05) is 60.5 Å². The molecule has 0 saturated carbocycles. The highest BCUT2D eigenvalue weighted by Gasteiger charge is 2.34. The maximum Gasteiger partial charge on any atom is 0.253 e. The summed E-state index contributed by atoms with van der Waals surface area (Å²) in [7, 11) is 0. The van der Waals surface area contributed by atoms with Gasteiger partial charge in [0, 0.05) is 23.5 Å². The van der Waals surface area contributed by atoms with E-state index in [1.54, 1.807) is 12.1 Å². The molecular weight excluding hydrogens is 395 g/mol. The van der Waals surface area contributed by atoms with Crippen LogP contribution in [0.25, 0.3) is 0 Å². The third kappa shape index (κ3) is 4.68. The summed E-state index contributed by atoms with van der Waals surface area (Å²) in [5.41, 5.74) is 1.57. The number of hydrogen-bond donors (Lipinski definition) is 1. The van der Waals surface area contributed by atoms with Crippen molar-refractivity contribution in [2.75, 3.05) is 13.1 Å². The van der Waals surface area contributed by atoms with Crippen molar-refractivity contribution in [3.8, 4) is 0 Å². The molecule has 0 aliphatic carbocycles. The van der Waals surface area contributed by atoms with E-state index in [2.05, 4.69) is 24.4 Å². The number of hydrogen-bond acceptors (Lipinski definition) is 2. The fourth-order valence-corrected chi connectivity index (χ4v) is 4.47. The van der Waals surface area contributed by atoms with Gasteiger partial charge in [0.25, 0.3) is 5.91 Å². The minimum absolute atomic E-state index is 0.0422. The van der Waals surface area contributed by atoms with Crippen molar-refractivity contribution >= 4 is 35.0 Å². The summed E-state index contributed by atoms with van der Waals surface area (Å²) in [4.78, 5) is 27.1. The summed E-state index contributed by atoms with van der Waals surface area (Å²) in [6.07, 6.45) is 2.93. The van der Waals surface area contributed by atoms with Crippen LogP contribution in [0.1, 0.15) is 48.0 Å². The highest BCUT2D eigenvalue weighted by molar-refractivity contribution is 6.36. The van der Waals surface area contributed by atoms with Crippen molar-refractivity contribution in [2.24, 2.45) is 0 Å². The van der Waals surface area contributed by atoms with Crippen molar-refractivity contribution < 1.29 is 9.59 Å². The minimum Gasteiger partial charge on any atom is -0.343 e. The summed E-state index contributed by atoms with van der Waals surface area (Å²) in [6.45, 7) is 2.84. The van der Waals surface area contributed by atoms with Crippen LogP contribution in [0.3, 0.4) is 0 Å². The molecule has 6 heteroatoms. The van der Waals surface area contributed by atoms with Gasteiger partial charge < -0.3 is 10.2 Å². The Labute approximate surface area is 175 Å². The van der Waals surface area contributed by atoms with E-state index in [1.165, 1.54) is 11.6 Å². The summed E-state index contributed by atoms with van der Waals surface area (Å²) >= 11 is 11.9. The first kappa shape index (κ1) is 20.7. The number of nitrogens with one attached hydrogen (secondary N) is 1. The molecule has 2 unspecified atom stereocenters. The van der Waals surface area contributed by atoms with Gasteiger partial charge in [0.1, 0.15) is 0 Å². The molecule has 3 rings (SSSR count). The maximum atomic E-state index is 12.8. The van der Waals surface area contributed by atoms with Gasteiger partial charge in [-0.15, -0.1) is 0 Å². The Hall–Kier alpha value is -2.04. The molecule has 2 amide bonds. The SMILES string of the molecule is CCC(c1ccccc1)C1CCCN1C(=O)CNC(=O)c1ccc(Cl)cc1Cl. The zero-order valence-corrected chi connectivity index (χ0v) is 17.3. The Bertz CT molecular complexity index is 842. The molecule has 1 aliphatic heterocycles. The molecule has 1 N–H and O–H groups in total. The van der Waals surface area contributed by atoms with Crippen molar-refractivity contribution in [1.82, 2.24) is 10.2 Å². The lowest BCUT2D eigenvalue weighted by Crippen LogP contribution is -2.44. The first-order valence-electron chi connectivity index (χ1n) is 9.59. The predicted octanol–water partition coefficient (Wildman–Crippen LogP) is 4.91. The molecule has 0 aromatic heterocycles. The van der Waals surface area contributed by atoms with E-state index in [0.29, 0.717) is 16.5 Å². The summed E-state index contributed by atoms with van der Waals surface area (Å²) < 4.78 is 0. The number of carbonyl (C=O) groups is 2. The van der Waals surface area contributed by atoms with Crippen molar-refractivity contribution in [3.05, 3.63) is 69.7 Å². The van der Waals surface area contributed by atoms with Gasteiger partial charge >= 0.3 is 0 Å². The topological polar surface area (TPSA) is 49.4 Å². The molecule has 1 fully saturated rings. The van der Waals surface area contributed by atoms with Crippen molar-refractivity contribution in [2.45, 2.75) is 38.1 Å². The minimum atomic E-state index is -0.374. The standard InChI is InChI=1S/C22H24Cl2N2O2/c1-2-17(15-7-4-3-5-8-15)20-9-6-12-26(20)21(27)14-25-22(28)18-11-10-16(23)13-19(18)24/h3-5,7-8,10-11,13,17,20H,2,6,9,12,14H2,1H3,(H,25,28). The summed E-state index contributed by atoms with van der Waals surface area (Å²) in [5.74, 6) is -0.134. The summed E-state index contributed by atoms with van der Waals surface area (Å²) in [5, 5.41) is 3.43. The molecule has 4 nitrogen and oxygen atoms in total. The molecule has 1 aliphatic rings. The number of benzene rings is 2. The van der Waals surface area contributed by atoms with Crippen LogP contribution in [0.2, 0.25) is 10.0 Å². The lowest BCUT2D eigenvalue weighted by molar-refractivity contribution is -0.131. The van der Waals surface area contributed by atoms with Gasteiger partial charge in [-0.2, -0.15) is 0 Å². The van der Waals surface area contributed by atoms with Crippen LogP contribution in [0, 0.1) is 0 Å². The lowest BCUT2D eigenvalue weighted by atomic mass is 9.87. The second-order valence-electron chi connectivity index (χ2n) is 7.03. The van der Waals surface area contributed by atoms with Crippen LogP contribution in [0.5, 0.6) is 0 Å². The monoisotopic (exact) mass is 418 g/mol. The third-order valence-electron chi connectivity index (χ3n) is 5.33. The number of carbonyl (C=O) groups excluding carboxylic acids is 2. The molecule has 148 valence electrons. The molecule has 0 bridgehead atoms. The first-order valence-corrected chi connectivity index (χ1v) is 10.3. The molecule has 0 spiro atoms. The van der Waals surface area contributed by atoms with E-state index in [-0.39, 0.29) is 29.4 Å². The normalized spacial score (nSPS) is 17.4. The van der Waals surface area contributed by atoms with Crippen LogP contribution >= 0.6 is 23.2 Å². The molecule has 0 radical (unpaired) electrons. The van der Waals surface area contributed by atoms with E-state index in [4.69, 9.17) is 23.2 Å². The number of rotatable bonds is 6. The van der Waals surface area contributed by atoms with Gasteiger partial charge in [-0.25, -0.2) is 0 Å². The smallest absolute Gasteiger partial charge is 0.253 e. The number of amides is 2. The van der Waals surface area contributed by atoms with Gasteiger partial charge in [0.15, 0.2) is 0 Å². The summed E-state index contributed by atoms with van der Waals surface area (Å²) in [6, 6.07) is 15.2. The second kappa shape index (κ2) is 9.44. The Kier molecular flexibility index (Phi) is 6.97. The van der Waals surface area contributed by atoms with Crippen LogP contribution in [-0.2, 0) is 4.79 Å². The zero-order chi connectivity index (χ0) is 20.1. The average molecular weight is 419 g/mol. The molecule has 1 saturated heterocycles. The fraction of sp³-hybridized carbons (Fsp3) is 0.364. The van der Waals surface area contributed by atoms with E-state index in [9.17, 15) is 9.59 Å². The first-order chi connectivity index (χ1) is 13.5. The molecule has 2 aromatic rings. The predicted molar refractivity (Wildman–Crippen MR) is 113 cm³/mol. The second-order valence-corrected chi connectivity index (χ2v) is 7.87. The van der Waals surface area contributed by atoms with Crippen LogP contribution < -0.4 is 5.32 Å². The van der Waals surface area contributed by atoms with Crippen LogP contribution in [-0.4, -0.2) is 35.8 Å². The molecule has 2 atom stereocenters. The largest absolute Gasteiger partial charge is 0.343 e. The molecule has 2 aromatic carbocycles. The van der Waals surface area contributed by atoms with Gasteiger partial charge in [0.05, 0.1) is 17.1 Å². The van der Waals surface area contributed by atoms with Crippen molar-refractivity contribution in [3.63, 3.8) is 0 Å². The zero-order valence-electron chi connectivity index (χ0n) is 15.8. The van der Waals surface area contributed by atoms with E-state index in [0.717, 1.165) is 25.8 Å². The average Bonchev–Trinajstić information content (AvgIpc) is 3.17. The van der Waals surface area contributed by atoms with Crippen molar-refractivity contribution in [1.29, 1.82) is 0 Å². The quantitative estimate of drug-likeness (QED) is 0.724. The molecule has 1 heterocycles. The Morgan fingerprint density at radius 2 is 1.93 bits per heavy atom. The Morgan fingerprint density at radius 3 is 2.61 bits per heavy atom. The fourth-order valence-electron chi connectivity index (χ4n) is 3.98. The van der Waals surface area contributed by atoms with Gasteiger partial charge in [-0.05, 0) is 43.0 Å². The van der Waals surface area contributed by atoms with Crippen LogP contribution in [0.4, 0.5) is 0 Å². The number of nitrogens with zero attached hydrogens (tertiary/aromatic N) is 1. The lowest BCUT2D eigenvalue weighted by Gasteiger charge is -2.31. The third-order valence-corrected chi connectivity index (χ3v) is 5.88.